The molecule has 4 heterocycles. The zero-order valence-electron chi connectivity index (χ0n) is 18.1. The molecule has 8 nitrogen and oxygen atoms in total. The second-order valence-corrected chi connectivity index (χ2v) is 10.4. The first kappa shape index (κ1) is 25.4. The Kier molecular flexibility index (Phi) is 7.05. The molecule has 4 atom stereocenters. The van der Waals surface area contributed by atoms with Crippen molar-refractivity contribution in [3.8, 4) is 5.75 Å². The number of rotatable bonds is 7. The Labute approximate surface area is 226 Å². The molecule has 3 saturated heterocycles. The molecule has 2 aromatic carbocycles. The Morgan fingerprint density at radius 1 is 1.18 bits per heavy atom. The van der Waals surface area contributed by atoms with E-state index in [0.717, 1.165) is 11.3 Å². The van der Waals surface area contributed by atoms with Gasteiger partial charge in [-0.25, -0.2) is 9.63 Å². The van der Waals surface area contributed by atoms with Gasteiger partial charge in [-0.15, -0.1) is 0 Å². The number of para-hydroxylation sites is 2. The van der Waals surface area contributed by atoms with Crippen LogP contribution < -0.4 is 9.32 Å². The van der Waals surface area contributed by atoms with E-state index in [9.17, 15) is 13.2 Å². The Hall–Kier alpha value is -1.66. The Morgan fingerprint density at radius 3 is 2.53 bits per heavy atom. The quantitative estimate of drug-likeness (QED) is 0.152. The van der Waals surface area contributed by atoms with Gasteiger partial charge in [0.25, 0.3) is 21.4 Å². The van der Waals surface area contributed by atoms with Gasteiger partial charge in [0.05, 0.1) is 11.3 Å². The van der Waals surface area contributed by atoms with Crippen LogP contribution in [0.4, 0.5) is 5.69 Å². The fourth-order valence-electron chi connectivity index (χ4n) is 5.26. The topological polar surface area (TPSA) is 86.9 Å². The third-order valence-electron chi connectivity index (χ3n) is 6.73. The van der Waals surface area contributed by atoms with Crippen LogP contribution >= 0.6 is 12.2 Å². The Morgan fingerprint density at radius 2 is 1.85 bits per heavy atom. The van der Waals surface area contributed by atoms with Crippen LogP contribution in [0.1, 0.15) is 31.4 Å². The summed E-state index contributed by atoms with van der Waals surface area (Å²) in [5, 5.41) is 0.583. The number of nitrogens with zero attached hydrogens (tertiary/aromatic N) is 3. The van der Waals surface area contributed by atoms with Crippen LogP contribution in [-0.2, 0) is 14.9 Å². The van der Waals surface area contributed by atoms with Gasteiger partial charge in [0, 0.05) is 37.3 Å². The van der Waals surface area contributed by atoms with Crippen LogP contribution in [0, 0.1) is 0 Å². The van der Waals surface area contributed by atoms with Crippen LogP contribution in [-0.4, -0.2) is 93.8 Å². The summed E-state index contributed by atoms with van der Waals surface area (Å²) in [5.74, 6) is 0.426. The second-order valence-electron chi connectivity index (χ2n) is 8.48. The van der Waals surface area contributed by atoms with Crippen molar-refractivity contribution in [2.75, 3.05) is 12.3 Å². The van der Waals surface area contributed by atoms with Gasteiger partial charge in [0.15, 0.2) is 0 Å². The van der Waals surface area contributed by atoms with Crippen molar-refractivity contribution in [3.63, 3.8) is 0 Å². The van der Waals surface area contributed by atoms with E-state index in [1.165, 1.54) is 0 Å². The number of thiocarbonyl (C=S) groups is 1. The van der Waals surface area contributed by atoms with Gasteiger partial charge in [-0.2, -0.15) is 12.9 Å². The third kappa shape index (κ3) is 3.85. The summed E-state index contributed by atoms with van der Waals surface area (Å²) in [6.45, 7) is 2.62. The molecule has 0 radical (unpaired) electrons. The molecule has 1 amide bonds. The second kappa shape index (κ2) is 9.42. The Bertz CT molecular complexity index is 1270. The fraction of sp³-hybridized carbons (Fsp3) is 0.348. The molecule has 0 aromatic heterocycles. The number of likely N-dealkylation sites (N-methyl/N-ethyl adjacent to an activating group) is 1. The first-order chi connectivity index (χ1) is 15.8. The summed E-state index contributed by atoms with van der Waals surface area (Å²) in [7, 11) is -4.05. The monoisotopic (exact) mass is 511 g/mol. The predicted molar refractivity (Wildman–Crippen MR) is 135 cm³/mol. The van der Waals surface area contributed by atoms with Crippen molar-refractivity contribution in [3.05, 3.63) is 60.2 Å². The van der Waals surface area contributed by atoms with Crippen molar-refractivity contribution in [1.82, 2.24) is 9.38 Å². The number of carbonyl (C=O) groups is 1. The molecule has 174 valence electrons. The number of fused-ring (bicyclic) bond motifs is 2. The number of carbonyl (C=O) groups excluding carboxylic acids is 1. The van der Waals surface area contributed by atoms with E-state index in [4.69, 9.17) is 21.6 Å². The molecule has 0 spiro atoms. The zero-order valence-corrected chi connectivity index (χ0v) is 19.7. The van der Waals surface area contributed by atoms with Gasteiger partial charge in [0.1, 0.15) is 5.69 Å². The molecule has 2 bridgehead atoms. The number of β-lactam (4-membered cyclic amide) rings is 1. The minimum absolute atomic E-state index is 0. The van der Waals surface area contributed by atoms with Gasteiger partial charge in [-0.05, 0) is 30.2 Å². The average Bonchev–Trinajstić information content (AvgIpc) is 3.35. The number of hydroxylamine groups is 1. The number of hydrogen-bond donors (Lipinski definition) is 1. The van der Waals surface area contributed by atoms with Crippen LogP contribution in [0.25, 0.3) is 0 Å². The molecule has 34 heavy (non-hydrogen) atoms. The molecule has 6 rings (SSSR count). The summed E-state index contributed by atoms with van der Waals surface area (Å²) in [5.41, 5.74) is 1.76. The van der Waals surface area contributed by atoms with Gasteiger partial charge in [0.2, 0.25) is 23.9 Å². The molecule has 11 heteroatoms. The van der Waals surface area contributed by atoms with Gasteiger partial charge in [-0.3, -0.25) is 9.45 Å². The number of amides is 1. The molecule has 0 aliphatic carbocycles. The third-order valence-corrected chi connectivity index (χ3v) is 8.05. The average molecular weight is 512 g/mol. The maximum absolute atomic E-state index is 13.4. The molecular weight excluding hydrogens is 485 g/mol. The summed E-state index contributed by atoms with van der Waals surface area (Å²) in [4.78, 5) is 21.5. The zero-order chi connectivity index (χ0) is 23.4. The van der Waals surface area contributed by atoms with Crippen molar-refractivity contribution in [2.24, 2.45) is 0 Å². The summed E-state index contributed by atoms with van der Waals surface area (Å²) in [6, 6.07) is 16.3. The number of benzene rings is 2. The van der Waals surface area contributed by atoms with Crippen LogP contribution in [0.15, 0.2) is 54.6 Å². The normalized spacial score (nSPS) is 28.4. The molecule has 0 saturated carbocycles. The van der Waals surface area contributed by atoms with Crippen molar-refractivity contribution < 1.29 is 27.3 Å². The van der Waals surface area contributed by atoms with Crippen LogP contribution in [0.2, 0.25) is 0 Å². The van der Waals surface area contributed by atoms with Crippen molar-refractivity contribution >= 4 is 74.8 Å². The van der Waals surface area contributed by atoms with E-state index < -0.39 is 10.1 Å². The molecule has 4 aliphatic heterocycles. The standard InChI is InChI=1S/C23H24N3O5S2.Na.H/c1-2-24-21-19(26(22(21)27,23(24)32)16-9-4-3-5-10-16)15-25-18(12-8-14-33(28,29)30)17-11-6-7-13-20(17)31-25;;/h3-7,9-11,13,15,18-19,21H,2,8,12,14H2,1H3;;/q+1;;/p+1. The van der Waals surface area contributed by atoms with E-state index in [2.05, 4.69) is 0 Å². The van der Waals surface area contributed by atoms with E-state index in [0.29, 0.717) is 23.8 Å². The predicted octanol–water partition coefficient (Wildman–Crippen LogP) is 2.04. The van der Waals surface area contributed by atoms with Crippen molar-refractivity contribution in [1.29, 1.82) is 0 Å². The molecular formula is C23H26N3NaO5S2+2. The molecule has 1 N–H and O–H groups in total. The molecule has 2 aromatic rings. The van der Waals surface area contributed by atoms with Crippen LogP contribution in [0.5, 0.6) is 5.75 Å². The fourth-order valence-corrected chi connectivity index (χ4v) is 6.35. The molecule has 4 aliphatic rings. The summed E-state index contributed by atoms with van der Waals surface area (Å²) >= 11 is 5.81. The van der Waals surface area contributed by atoms with E-state index in [1.807, 2.05) is 72.6 Å². The van der Waals surface area contributed by atoms with Crippen LogP contribution in [0.3, 0.4) is 0 Å². The van der Waals surface area contributed by atoms with Gasteiger partial charge < -0.3 is 0 Å². The Balaban J connectivity index is 0.00000274. The van der Waals surface area contributed by atoms with E-state index in [-0.39, 0.29) is 70.2 Å². The van der Waals surface area contributed by atoms with E-state index >= 15 is 0 Å². The first-order valence-corrected chi connectivity index (χ1v) is 13.0. The number of quaternary nitrogens is 1. The maximum atomic E-state index is 13.4. The first-order valence-electron chi connectivity index (χ1n) is 10.9. The summed E-state index contributed by atoms with van der Waals surface area (Å²) in [6.07, 6.45) is 2.67. The number of hydrogen-bond acceptors (Lipinski definition) is 5. The van der Waals surface area contributed by atoms with Crippen molar-refractivity contribution in [2.45, 2.75) is 37.9 Å². The SMILES string of the molecule is CCN1C(=S)[N+]2(c3ccccc3)C(=O)C1C2C=[N+]1Oc2ccccc2C1CCCS(=O)(=O)O.[NaH]. The minimum atomic E-state index is -4.05. The summed E-state index contributed by atoms with van der Waals surface area (Å²) < 4.78 is 33.3. The van der Waals surface area contributed by atoms with Gasteiger partial charge in [-0.1, -0.05) is 30.3 Å². The molecule has 3 fully saturated rings. The molecule has 4 unspecified atom stereocenters. The van der Waals surface area contributed by atoms with E-state index in [1.54, 1.807) is 4.74 Å². The van der Waals surface area contributed by atoms with Gasteiger partial charge >= 0.3 is 35.5 Å².